The Hall–Kier alpha value is -3.27. The number of phenols is 1. The summed E-state index contributed by atoms with van der Waals surface area (Å²) in [5.74, 6) is 0.768. The van der Waals surface area contributed by atoms with E-state index in [4.69, 9.17) is 9.15 Å². The average molecular weight is 318 g/mol. The number of ether oxygens (including phenoxy) is 1. The average Bonchev–Trinajstić information content (AvgIpc) is 2.60. The van der Waals surface area contributed by atoms with E-state index in [1.54, 1.807) is 12.1 Å². The molecule has 0 aliphatic carbocycles. The maximum Gasteiger partial charge on any atom is 0.193 e. The summed E-state index contributed by atoms with van der Waals surface area (Å²) in [5, 5.41) is 12.5. The number of fused-ring (bicyclic) bond motifs is 2. The largest absolute Gasteiger partial charge is 0.504 e. The van der Waals surface area contributed by atoms with Crippen LogP contribution in [-0.2, 0) is 0 Å². The highest BCUT2D eigenvalue weighted by atomic mass is 16.5. The van der Waals surface area contributed by atoms with Gasteiger partial charge in [0.2, 0.25) is 0 Å². The van der Waals surface area contributed by atoms with Crippen LogP contribution in [-0.4, -0.2) is 12.2 Å². The Morgan fingerprint density at radius 3 is 2.42 bits per heavy atom. The molecule has 0 bridgehead atoms. The number of aromatic hydroxyl groups is 1. The molecule has 4 heteroatoms. The van der Waals surface area contributed by atoms with Crippen LogP contribution in [0.5, 0.6) is 11.5 Å². The molecule has 0 unspecified atom stereocenters. The van der Waals surface area contributed by atoms with Crippen molar-refractivity contribution in [1.29, 1.82) is 0 Å². The van der Waals surface area contributed by atoms with Crippen molar-refractivity contribution in [3.8, 4) is 22.8 Å². The molecular weight excluding hydrogens is 304 g/mol. The Labute approximate surface area is 137 Å². The number of benzene rings is 3. The van der Waals surface area contributed by atoms with Crippen molar-refractivity contribution >= 4 is 21.7 Å². The third-order valence-electron chi connectivity index (χ3n) is 4.06. The molecule has 3 aromatic carbocycles. The number of hydrogen-bond acceptors (Lipinski definition) is 4. The Kier molecular flexibility index (Phi) is 3.24. The molecule has 1 heterocycles. The fourth-order valence-corrected chi connectivity index (χ4v) is 2.83. The van der Waals surface area contributed by atoms with Crippen molar-refractivity contribution in [3.63, 3.8) is 0 Å². The molecule has 1 aromatic heterocycles. The zero-order chi connectivity index (χ0) is 16.7. The van der Waals surface area contributed by atoms with Gasteiger partial charge in [0.25, 0.3) is 0 Å². The summed E-state index contributed by atoms with van der Waals surface area (Å²) < 4.78 is 10.9. The molecule has 118 valence electrons. The van der Waals surface area contributed by atoms with E-state index in [1.165, 1.54) is 19.2 Å². The van der Waals surface area contributed by atoms with Gasteiger partial charge in [0.1, 0.15) is 11.3 Å². The molecule has 4 nitrogen and oxygen atoms in total. The van der Waals surface area contributed by atoms with Gasteiger partial charge in [0.15, 0.2) is 16.9 Å². The first-order valence-electron chi connectivity index (χ1n) is 7.50. The van der Waals surface area contributed by atoms with Crippen molar-refractivity contribution in [1.82, 2.24) is 0 Å². The maximum absolute atomic E-state index is 12.5. The minimum absolute atomic E-state index is 0.00347. The standard InChI is InChI=1S/C20H14O4/c1-23-18-7-6-14(9-17(18)22)19-11-16(21)15-8-12-4-2-3-5-13(12)10-20(15)24-19/h2-11,22H,1H3. The lowest BCUT2D eigenvalue weighted by atomic mass is 10.1. The van der Waals surface area contributed by atoms with Gasteiger partial charge in [0.05, 0.1) is 12.5 Å². The molecule has 0 atom stereocenters. The third-order valence-corrected chi connectivity index (χ3v) is 4.06. The molecule has 0 saturated heterocycles. The highest BCUT2D eigenvalue weighted by Gasteiger charge is 2.10. The second-order valence-corrected chi connectivity index (χ2v) is 5.56. The third kappa shape index (κ3) is 2.29. The molecule has 0 aliphatic rings. The Balaban J connectivity index is 1.95. The Morgan fingerprint density at radius 1 is 0.958 bits per heavy atom. The summed E-state index contributed by atoms with van der Waals surface area (Å²) in [6, 6.07) is 17.8. The van der Waals surface area contributed by atoms with Gasteiger partial charge in [-0.25, -0.2) is 0 Å². The van der Waals surface area contributed by atoms with Crippen molar-refractivity contribution in [3.05, 3.63) is 70.9 Å². The van der Waals surface area contributed by atoms with Crippen LogP contribution in [0.2, 0.25) is 0 Å². The maximum atomic E-state index is 12.5. The molecule has 0 amide bonds. The highest BCUT2D eigenvalue weighted by Crippen LogP contribution is 2.32. The summed E-state index contributed by atoms with van der Waals surface area (Å²) in [6.07, 6.45) is 0. The first-order valence-corrected chi connectivity index (χ1v) is 7.50. The SMILES string of the molecule is COc1ccc(-c2cc(=O)c3cc4ccccc4cc3o2)cc1O. The van der Waals surface area contributed by atoms with Gasteiger partial charge in [-0.2, -0.15) is 0 Å². The van der Waals surface area contributed by atoms with Crippen LogP contribution in [0.15, 0.2) is 69.9 Å². The van der Waals surface area contributed by atoms with Crippen LogP contribution in [0.1, 0.15) is 0 Å². The normalized spacial score (nSPS) is 11.0. The van der Waals surface area contributed by atoms with Crippen LogP contribution in [0.4, 0.5) is 0 Å². The first-order chi connectivity index (χ1) is 11.7. The van der Waals surface area contributed by atoms with Gasteiger partial charge in [-0.3, -0.25) is 4.79 Å². The lowest BCUT2D eigenvalue weighted by molar-refractivity contribution is 0.373. The van der Waals surface area contributed by atoms with Crippen molar-refractivity contribution in [2.24, 2.45) is 0 Å². The van der Waals surface area contributed by atoms with E-state index in [2.05, 4.69) is 0 Å². The smallest absolute Gasteiger partial charge is 0.193 e. The summed E-state index contributed by atoms with van der Waals surface area (Å²) in [7, 11) is 1.48. The number of methoxy groups -OCH3 is 1. The number of rotatable bonds is 2. The zero-order valence-corrected chi connectivity index (χ0v) is 12.9. The zero-order valence-electron chi connectivity index (χ0n) is 12.9. The summed E-state index contributed by atoms with van der Waals surface area (Å²) >= 11 is 0. The van der Waals surface area contributed by atoms with Crippen LogP contribution in [0.25, 0.3) is 33.1 Å². The van der Waals surface area contributed by atoms with E-state index in [0.717, 1.165) is 10.8 Å². The summed E-state index contributed by atoms with van der Waals surface area (Å²) in [6.45, 7) is 0. The van der Waals surface area contributed by atoms with Crippen LogP contribution < -0.4 is 10.2 Å². The van der Waals surface area contributed by atoms with Crippen molar-refractivity contribution in [2.75, 3.05) is 7.11 Å². The molecule has 0 saturated carbocycles. The van der Waals surface area contributed by atoms with Gasteiger partial charge in [-0.05, 0) is 41.1 Å². The van der Waals surface area contributed by atoms with E-state index < -0.39 is 0 Å². The van der Waals surface area contributed by atoms with Crippen molar-refractivity contribution < 1.29 is 14.3 Å². The predicted octanol–water partition coefficient (Wildman–Crippen LogP) is 4.33. The monoisotopic (exact) mass is 318 g/mol. The van der Waals surface area contributed by atoms with Gasteiger partial charge in [-0.1, -0.05) is 24.3 Å². The van der Waals surface area contributed by atoms with Crippen LogP contribution >= 0.6 is 0 Å². The Bertz CT molecular complexity index is 1130. The quantitative estimate of drug-likeness (QED) is 0.559. The van der Waals surface area contributed by atoms with Gasteiger partial charge < -0.3 is 14.3 Å². The molecule has 1 N–H and O–H groups in total. The van der Waals surface area contributed by atoms with E-state index in [0.29, 0.717) is 28.0 Å². The summed E-state index contributed by atoms with van der Waals surface area (Å²) in [4.78, 5) is 12.5. The fourth-order valence-electron chi connectivity index (χ4n) is 2.83. The highest BCUT2D eigenvalue weighted by molar-refractivity contribution is 5.96. The lowest BCUT2D eigenvalue weighted by Crippen LogP contribution is -2.00. The minimum Gasteiger partial charge on any atom is -0.504 e. The first kappa shape index (κ1) is 14.3. The van der Waals surface area contributed by atoms with Crippen LogP contribution in [0.3, 0.4) is 0 Å². The molecule has 24 heavy (non-hydrogen) atoms. The topological polar surface area (TPSA) is 59.7 Å². The number of hydrogen-bond donors (Lipinski definition) is 1. The van der Waals surface area contributed by atoms with E-state index in [-0.39, 0.29) is 11.2 Å². The minimum atomic E-state index is -0.118. The van der Waals surface area contributed by atoms with E-state index >= 15 is 0 Å². The Morgan fingerprint density at radius 2 is 1.71 bits per heavy atom. The second-order valence-electron chi connectivity index (χ2n) is 5.56. The van der Waals surface area contributed by atoms with Gasteiger partial charge in [-0.15, -0.1) is 0 Å². The van der Waals surface area contributed by atoms with E-state index in [9.17, 15) is 9.90 Å². The molecule has 0 fully saturated rings. The van der Waals surface area contributed by atoms with Gasteiger partial charge in [0, 0.05) is 11.6 Å². The van der Waals surface area contributed by atoms with Crippen LogP contribution in [0, 0.1) is 0 Å². The predicted molar refractivity (Wildman–Crippen MR) is 93.6 cm³/mol. The lowest BCUT2D eigenvalue weighted by Gasteiger charge is -2.07. The molecule has 0 radical (unpaired) electrons. The molecular formula is C20H14O4. The molecule has 0 aliphatic heterocycles. The van der Waals surface area contributed by atoms with Gasteiger partial charge >= 0.3 is 0 Å². The molecule has 4 rings (SSSR count). The fraction of sp³-hybridized carbons (Fsp3) is 0.0500. The second kappa shape index (κ2) is 5.42. The molecule has 0 spiro atoms. The molecule has 4 aromatic rings. The number of phenolic OH excluding ortho intramolecular Hbond substituents is 1. The summed E-state index contributed by atoms with van der Waals surface area (Å²) in [5.41, 5.74) is 1.01. The van der Waals surface area contributed by atoms with E-state index in [1.807, 2.05) is 36.4 Å². The van der Waals surface area contributed by atoms with Crippen molar-refractivity contribution in [2.45, 2.75) is 0 Å².